The molecule has 2 aromatic rings. The standard InChI is InChI=1S/C13H16N4O/c1-9-4-2-7-15-11(9)13-16-12(17-18-13)10-5-3-6-14-8-10/h3,5-6,8-9,11,15H,2,4,7H2,1H3. The Bertz CT molecular complexity index is 511. The SMILES string of the molecule is CC1CCCNC1c1nc(-c2cccnc2)no1. The van der Waals surface area contributed by atoms with E-state index in [2.05, 4.69) is 27.4 Å². The molecule has 1 fully saturated rings. The lowest BCUT2D eigenvalue weighted by molar-refractivity contribution is 0.239. The van der Waals surface area contributed by atoms with E-state index < -0.39 is 0 Å². The van der Waals surface area contributed by atoms with Gasteiger partial charge in [0.05, 0.1) is 6.04 Å². The molecule has 0 aromatic carbocycles. The van der Waals surface area contributed by atoms with E-state index in [4.69, 9.17) is 4.52 Å². The molecule has 5 nitrogen and oxygen atoms in total. The normalized spacial score (nSPS) is 24.1. The fourth-order valence-corrected chi connectivity index (χ4v) is 2.35. The molecule has 1 saturated heterocycles. The van der Waals surface area contributed by atoms with E-state index in [-0.39, 0.29) is 6.04 Å². The largest absolute Gasteiger partial charge is 0.337 e. The van der Waals surface area contributed by atoms with Crippen molar-refractivity contribution in [1.82, 2.24) is 20.4 Å². The zero-order valence-corrected chi connectivity index (χ0v) is 10.3. The molecule has 1 N–H and O–H groups in total. The number of piperidine rings is 1. The summed E-state index contributed by atoms with van der Waals surface area (Å²) in [6.45, 7) is 3.23. The Labute approximate surface area is 106 Å². The molecule has 1 aliphatic rings. The van der Waals surface area contributed by atoms with Crippen LogP contribution in [0.3, 0.4) is 0 Å². The maximum absolute atomic E-state index is 5.38. The minimum absolute atomic E-state index is 0.177. The van der Waals surface area contributed by atoms with Crippen LogP contribution in [0, 0.1) is 5.92 Å². The van der Waals surface area contributed by atoms with E-state index in [1.165, 1.54) is 12.8 Å². The van der Waals surface area contributed by atoms with Gasteiger partial charge < -0.3 is 9.84 Å². The lowest BCUT2D eigenvalue weighted by atomic mass is 9.93. The number of nitrogens with one attached hydrogen (secondary N) is 1. The van der Waals surface area contributed by atoms with E-state index in [0.717, 1.165) is 12.1 Å². The summed E-state index contributed by atoms with van der Waals surface area (Å²) >= 11 is 0. The van der Waals surface area contributed by atoms with Crippen molar-refractivity contribution in [3.63, 3.8) is 0 Å². The van der Waals surface area contributed by atoms with Gasteiger partial charge in [0.1, 0.15) is 0 Å². The van der Waals surface area contributed by atoms with Crippen LogP contribution < -0.4 is 5.32 Å². The molecule has 0 aliphatic carbocycles. The third-order valence-electron chi connectivity index (χ3n) is 3.40. The molecule has 5 heteroatoms. The van der Waals surface area contributed by atoms with E-state index >= 15 is 0 Å². The fraction of sp³-hybridized carbons (Fsp3) is 0.462. The molecule has 0 spiro atoms. The highest BCUT2D eigenvalue weighted by molar-refractivity contribution is 5.51. The molecule has 2 atom stereocenters. The van der Waals surface area contributed by atoms with E-state index in [0.29, 0.717) is 17.6 Å². The molecular weight excluding hydrogens is 228 g/mol. The van der Waals surface area contributed by atoms with Crippen LogP contribution in [0.2, 0.25) is 0 Å². The first-order chi connectivity index (χ1) is 8.84. The van der Waals surface area contributed by atoms with Gasteiger partial charge in [0.25, 0.3) is 0 Å². The van der Waals surface area contributed by atoms with E-state index in [1.54, 1.807) is 12.4 Å². The fourth-order valence-electron chi connectivity index (χ4n) is 2.35. The smallest absolute Gasteiger partial charge is 0.244 e. The predicted octanol–water partition coefficient (Wildman–Crippen LogP) is 2.19. The van der Waals surface area contributed by atoms with Gasteiger partial charge in [-0.25, -0.2) is 0 Å². The average molecular weight is 244 g/mol. The number of hydrogen-bond acceptors (Lipinski definition) is 5. The summed E-state index contributed by atoms with van der Waals surface area (Å²) in [4.78, 5) is 8.53. The van der Waals surface area contributed by atoms with E-state index in [9.17, 15) is 0 Å². The summed E-state index contributed by atoms with van der Waals surface area (Å²) in [7, 11) is 0. The van der Waals surface area contributed by atoms with Gasteiger partial charge >= 0.3 is 0 Å². The molecule has 3 heterocycles. The average Bonchev–Trinajstić information content (AvgIpc) is 2.90. The molecule has 0 radical (unpaired) electrons. The quantitative estimate of drug-likeness (QED) is 0.877. The summed E-state index contributed by atoms with van der Waals surface area (Å²) in [6, 6.07) is 3.98. The van der Waals surface area contributed by atoms with Crippen molar-refractivity contribution in [2.45, 2.75) is 25.8 Å². The maximum Gasteiger partial charge on any atom is 0.244 e. The molecular formula is C13H16N4O. The topological polar surface area (TPSA) is 63.8 Å². The third-order valence-corrected chi connectivity index (χ3v) is 3.40. The maximum atomic E-state index is 5.38. The minimum Gasteiger partial charge on any atom is -0.337 e. The second-order valence-corrected chi connectivity index (χ2v) is 4.75. The molecule has 18 heavy (non-hydrogen) atoms. The lowest BCUT2D eigenvalue weighted by Gasteiger charge is -2.26. The number of hydrogen-bond donors (Lipinski definition) is 1. The van der Waals surface area contributed by atoms with Crippen molar-refractivity contribution in [1.29, 1.82) is 0 Å². The van der Waals surface area contributed by atoms with Crippen molar-refractivity contribution >= 4 is 0 Å². The van der Waals surface area contributed by atoms with Gasteiger partial charge in [-0.05, 0) is 37.4 Å². The Morgan fingerprint density at radius 3 is 3.17 bits per heavy atom. The first-order valence-corrected chi connectivity index (χ1v) is 6.32. The first kappa shape index (κ1) is 11.3. The number of aromatic nitrogens is 3. The van der Waals surface area contributed by atoms with Gasteiger partial charge in [0.2, 0.25) is 11.7 Å². The zero-order valence-electron chi connectivity index (χ0n) is 10.3. The molecule has 3 rings (SSSR count). The molecule has 2 unspecified atom stereocenters. The predicted molar refractivity (Wildman–Crippen MR) is 66.7 cm³/mol. The Morgan fingerprint density at radius 2 is 2.39 bits per heavy atom. The highest BCUT2D eigenvalue weighted by Crippen LogP contribution is 2.28. The molecule has 0 bridgehead atoms. The van der Waals surface area contributed by atoms with Crippen molar-refractivity contribution < 1.29 is 4.52 Å². The van der Waals surface area contributed by atoms with Crippen LogP contribution in [0.25, 0.3) is 11.4 Å². The Hall–Kier alpha value is -1.75. The lowest BCUT2D eigenvalue weighted by Crippen LogP contribution is -2.33. The second kappa shape index (κ2) is 4.86. The van der Waals surface area contributed by atoms with E-state index in [1.807, 2.05) is 12.1 Å². The summed E-state index contributed by atoms with van der Waals surface area (Å²) in [5, 5.41) is 7.47. The Morgan fingerprint density at radius 1 is 1.44 bits per heavy atom. The molecule has 0 amide bonds. The number of rotatable bonds is 2. The van der Waals surface area contributed by atoms with Crippen molar-refractivity contribution in [3.8, 4) is 11.4 Å². The van der Waals surface area contributed by atoms with Crippen LogP contribution in [-0.2, 0) is 0 Å². The van der Waals surface area contributed by atoms with Gasteiger partial charge in [0, 0.05) is 18.0 Å². The van der Waals surface area contributed by atoms with Crippen molar-refractivity contribution in [3.05, 3.63) is 30.4 Å². The summed E-state index contributed by atoms with van der Waals surface area (Å²) in [5.74, 6) is 1.82. The van der Waals surface area contributed by atoms with Crippen molar-refractivity contribution in [2.24, 2.45) is 5.92 Å². The molecule has 0 saturated carbocycles. The number of nitrogens with zero attached hydrogens (tertiary/aromatic N) is 3. The Kier molecular flexibility index (Phi) is 3.06. The summed E-state index contributed by atoms with van der Waals surface area (Å²) in [5.41, 5.74) is 0.885. The third kappa shape index (κ3) is 2.13. The summed E-state index contributed by atoms with van der Waals surface area (Å²) in [6.07, 6.45) is 5.88. The van der Waals surface area contributed by atoms with Gasteiger partial charge in [-0.2, -0.15) is 4.98 Å². The van der Waals surface area contributed by atoms with Crippen LogP contribution in [0.5, 0.6) is 0 Å². The van der Waals surface area contributed by atoms with Crippen LogP contribution in [0.1, 0.15) is 31.7 Å². The van der Waals surface area contributed by atoms with Gasteiger partial charge in [-0.15, -0.1) is 0 Å². The van der Waals surface area contributed by atoms with Crippen LogP contribution in [0.4, 0.5) is 0 Å². The van der Waals surface area contributed by atoms with Crippen LogP contribution in [0.15, 0.2) is 29.0 Å². The number of pyridine rings is 1. The molecule has 2 aromatic heterocycles. The minimum atomic E-state index is 0.177. The Balaban J connectivity index is 1.85. The van der Waals surface area contributed by atoms with Gasteiger partial charge in [-0.3, -0.25) is 4.98 Å². The highest BCUT2D eigenvalue weighted by atomic mass is 16.5. The van der Waals surface area contributed by atoms with Gasteiger partial charge in [0.15, 0.2) is 0 Å². The molecule has 94 valence electrons. The van der Waals surface area contributed by atoms with Crippen molar-refractivity contribution in [2.75, 3.05) is 6.54 Å². The molecule has 1 aliphatic heterocycles. The first-order valence-electron chi connectivity index (χ1n) is 6.32. The van der Waals surface area contributed by atoms with Gasteiger partial charge in [-0.1, -0.05) is 12.1 Å². The zero-order chi connectivity index (χ0) is 12.4. The van der Waals surface area contributed by atoms with Crippen LogP contribution >= 0.6 is 0 Å². The van der Waals surface area contributed by atoms with Crippen LogP contribution in [-0.4, -0.2) is 21.7 Å². The summed E-state index contributed by atoms with van der Waals surface area (Å²) < 4.78 is 5.38. The highest BCUT2D eigenvalue weighted by Gasteiger charge is 2.27. The monoisotopic (exact) mass is 244 g/mol. The second-order valence-electron chi connectivity index (χ2n) is 4.75.